The van der Waals surface area contributed by atoms with Gasteiger partial charge in [-0.25, -0.2) is 0 Å². The maximum atomic E-state index is 12.1. The molecule has 0 bridgehead atoms. The SMILES string of the molecule is CC(=O)Oc1ccc(C(=O)Nc2nnc(C(C)(C)C)s2)cc1. The molecule has 1 amide bonds. The van der Waals surface area contributed by atoms with Crippen molar-refractivity contribution >= 4 is 28.3 Å². The number of hydrogen-bond acceptors (Lipinski definition) is 6. The van der Waals surface area contributed by atoms with Gasteiger partial charge in [0.15, 0.2) is 0 Å². The molecule has 0 saturated heterocycles. The van der Waals surface area contributed by atoms with E-state index in [1.807, 2.05) is 20.8 Å². The Morgan fingerprint density at radius 1 is 1.14 bits per heavy atom. The normalized spacial score (nSPS) is 11.1. The topological polar surface area (TPSA) is 81.2 Å². The average Bonchev–Trinajstić information content (AvgIpc) is 2.87. The van der Waals surface area contributed by atoms with Crippen LogP contribution in [0.3, 0.4) is 0 Å². The van der Waals surface area contributed by atoms with Crippen LogP contribution < -0.4 is 10.1 Å². The number of carbonyl (C=O) groups is 2. The van der Waals surface area contributed by atoms with Crippen LogP contribution in [0.5, 0.6) is 5.75 Å². The molecule has 1 aromatic carbocycles. The van der Waals surface area contributed by atoms with Crippen molar-refractivity contribution in [3.05, 3.63) is 34.8 Å². The molecule has 0 unspecified atom stereocenters. The number of nitrogens with one attached hydrogen (secondary N) is 1. The van der Waals surface area contributed by atoms with Crippen molar-refractivity contribution in [2.75, 3.05) is 5.32 Å². The van der Waals surface area contributed by atoms with Crippen LogP contribution in [-0.4, -0.2) is 22.1 Å². The zero-order valence-corrected chi connectivity index (χ0v) is 13.7. The standard InChI is InChI=1S/C15H17N3O3S/c1-9(19)21-11-7-5-10(6-8-11)12(20)16-14-18-17-13(22-14)15(2,3)4/h5-8H,1-4H3,(H,16,18,20). The molecule has 7 heteroatoms. The number of ether oxygens (including phenoxy) is 1. The van der Waals surface area contributed by atoms with Crippen LogP contribution in [0.1, 0.15) is 43.1 Å². The Kier molecular flexibility index (Phi) is 4.56. The predicted molar refractivity (Wildman–Crippen MR) is 84.3 cm³/mol. The van der Waals surface area contributed by atoms with Gasteiger partial charge in [0.1, 0.15) is 10.8 Å². The summed E-state index contributed by atoms with van der Waals surface area (Å²) in [6.45, 7) is 7.43. The number of aromatic nitrogens is 2. The summed E-state index contributed by atoms with van der Waals surface area (Å²) in [5.74, 6) is -0.290. The number of carbonyl (C=O) groups excluding carboxylic acids is 2. The van der Waals surface area contributed by atoms with Gasteiger partial charge in [-0.05, 0) is 24.3 Å². The van der Waals surface area contributed by atoms with Gasteiger partial charge in [-0.3, -0.25) is 14.9 Å². The van der Waals surface area contributed by atoms with Crippen LogP contribution in [0.2, 0.25) is 0 Å². The molecule has 6 nitrogen and oxygen atoms in total. The molecule has 0 aliphatic heterocycles. The monoisotopic (exact) mass is 319 g/mol. The number of anilines is 1. The Hall–Kier alpha value is -2.28. The summed E-state index contributed by atoms with van der Waals surface area (Å²) in [5.41, 5.74) is 0.343. The Morgan fingerprint density at radius 2 is 1.77 bits per heavy atom. The summed E-state index contributed by atoms with van der Waals surface area (Å²) in [4.78, 5) is 23.0. The number of amides is 1. The molecule has 1 heterocycles. The lowest BCUT2D eigenvalue weighted by Gasteiger charge is -2.12. The highest BCUT2D eigenvalue weighted by Crippen LogP contribution is 2.27. The Bertz CT molecular complexity index is 687. The number of esters is 1. The Balaban J connectivity index is 2.06. The van der Waals surface area contributed by atoms with Gasteiger partial charge >= 0.3 is 5.97 Å². The van der Waals surface area contributed by atoms with E-state index in [0.29, 0.717) is 16.4 Å². The summed E-state index contributed by atoms with van der Waals surface area (Å²) >= 11 is 1.35. The number of rotatable bonds is 3. The maximum absolute atomic E-state index is 12.1. The summed E-state index contributed by atoms with van der Waals surface area (Å²) in [6, 6.07) is 6.30. The lowest BCUT2D eigenvalue weighted by atomic mass is 9.98. The second kappa shape index (κ2) is 6.23. The number of benzene rings is 1. The summed E-state index contributed by atoms with van der Waals surface area (Å²) in [6.07, 6.45) is 0. The molecule has 0 fully saturated rings. The minimum atomic E-state index is -0.402. The Morgan fingerprint density at radius 3 is 2.27 bits per heavy atom. The first kappa shape index (κ1) is 16.1. The van der Waals surface area contributed by atoms with Crippen molar-refractivity contribution in [3.63, 3.8) is 0 Å². The van der Waals surface area contributed by atoms with Gasteiger partial charge in [-0.2, -0.15) is 0 Å². The van der Waals surface area contributed by atoms with Gasteiger partial charge in [0, 0.05) is 17.9 Å². The van der Waals surface area contributed by atoms with E-state index in [1.54, 1.807) is 24.3 Å². The first-order valence-electron chi connectivity index (χ1n) is 6.69. The first-order valence-corrected chi connectivity index (χ1v) is 7.51. The van der Waals surface area contributed by atoms with Crippen LogP contribution in [-0.2, 0) is 10.2 Å². The van der Waals surface area contributed by atoms with Crippen LogP contribution in [0.25, 0.3) is 0 Å². The van der Waals surface area contributed by atoms with Crippen molar-refractivity contribution in [1.29, 1.82) is 0 Å². The highest BCUT2D eigenvalue weighted by atomic mass is 32.1. The third-order valence-corrected chi connectivity index (χ3v) is 3.93. The van der Waals surface area contributed by atoms with Crippen molar-refractivity contribution in [2.45, 2.75) is 33.1 Å². The number of nitrogens with zero attached hydrogens (tertiary/aromatic N) is 2. The second-order valence-corrected chi connectivity index (χ2v) is 6.71. The van der Waals surface area contributed by atoms with Crippen LogP contribution in [0.4, 0.5) is 5.13 Å². The average molecular weight is 319 g/mol. The first-order chi connectivity index (χ1) is 10.3. The van der Waals surface area contributed by atoms with Gasteiger partial charge in [0.25, 0.3) is 5.91 Å². The van der Waals surface area contributed by atoms with Crippen molar-refractivity contribution in [1.82, 2.24) is 10.2 Å². The highest BCUT2D eigenvalue weighted by molar-refractivity contribution is 7.15. The van der Waals surface area contributed by atoms with E-state index in [9.17, 15) is 9.59 Å². The quantitative estimate of drug-likeness (QED) is 0.694. The minimum absolute atomic E-state index is 0.105. The van der Waals surface area contributed by atoms with Gasteiger partial charge in [-0.15, -0.1) is 10.2 Å². The largest absolute Gasteiger partial charge is 0.427 e. The molecule has 0 atom stereocenters. The smallest absolute Gasteiger partial charge is 0.308 e. The van der Waals surface area contributed by atoms with Crippen LogP contribution in [0, 0.1) is 0 Å². The lowest BCUT2D eigenvalue weighted by Crippen LogP contribution is -2.11. The second-order valence-electron chi connectivity index (χ2n) is 5.73. The van der Waals surface area contributed by atoms with E-state index in [2.05, 4.69) is 15.5 Å². The maximum Gasteiger partial charge on any atom is 0.308 e. The van der Waals surface area contributed by atoms with Crippen molar-refractivity contribution < 1.29 is 14.3 Å². The summed E-state index contributed by atoms with van der Waals surface area (Å²) in [5, 5.41) is 12.1. The number of hydrogen-bond donors (Lipinski definition) is 1. The van der Waals surface area contributed by atoms with E-state index >= 15 is 0 Å². The van der Waals surface area contributed by atoms with Gasteiger partial charge < -0.3 is 4.74 Å². The molecular formula is C15H17N3O3S. The summed E-state index contributed by atoms with van der Waals surface area (Å²) in [7, 11) is 0. The van der Waals surface area contributed by atoms with Gasteiger partial charge in [0.05, 0.1) is 0 Å². The van der Waals surface area contributed by atoms with Crippen LogP contribution >= 0.6 is 11.3 Å². The molecule has 2 rings (SSSR count). The van der Waals surface area contributed by atoms with E-state index in [4.69, 9.17) is 4.74 Å². The molecule has 2 aromatic rings. The third kappa shape index (κ3) is 4.11. The van der Waals surface area contributed by atoms with Crippen LogP contribution in [0.15, 0.2) is 24.3 Å². The molecule has 22 heavy (non-hydrogen) atoms. The minimum Gasteiger partial charge on any atom is -0.427 e. The molecule has 116 valence electrons. The molecule has 0 saturated carbocycles. The van der Waals surface area contributed by atoms with E-state index in [0.717, 1.165) is 5.01 Å². The van der Waals surface area contributed by atoms with Crippen molar-refractivity contribution in [3.8, 4) is 5.75 Å². The van der Waals surface area contributed by atoms with Gasteiger partial charge in [-0.1, -0.05) is 32.1 Å². The van der Waals surface area contributed by atoms with E-state index < -0.39 is 5.97 Å². The lowest BCUT2D eigenvalue weighted by molar-refractivity contribution is -0.131. The molecule has 0 spiro atoms. The molecular weight excluding hydrogens is 302 g/mol. The zero-order chi connectivity index (χ0) is 16.3. The fraction of sp³-hybridized carbons (Fsp3) is 0.333. The fourth-order valence-corrected chi connectivity index (χ4v) is 2.38. The highest BCUT2D eigenvalue weighted by Gasteiger charge is 2.20. The third-order valence-electron chi connectivity index (χ3n) is 2.67. The molecule has 0 aliphatic carbocycles. The predicted octanol–water partition coefficient (Wildman–Crippen LogP) is 3.01. The zero-order valence-electron chi connectivity index (χ0n) is 12.8. The molecule has 1 N–H and O–H groups in total. The molecule has 0 radical (unpaired) electrons. The van der Waals surface area contributed by atoms with Crippen molar-refractivity contribution in [2.24, 2.45) is 0 Å². The fourth-order valence-electron chi connectivity index (χ4n) is 1.59. The molecule has 1 aromatic heterocycles. The molecule has 0 aliphatic rings. The van der Waals surface area contributed by atoms with E-state index in [1.165, 1.54) is 18.3 Å². The van der Waals surface area contributed by atoms with Gasteiger partial charge in [0.2, 0.25) is 5.13 Å². The summed E-state index contributed by atoms with van der Waals surface area (Å²) < 4.78 is 4.92. The van der Waals surface area contributed by atoms with E-state index in [-0.39, 0.29) is 11.3 Å². The Labute approximate surface area is 132 Å².